The minimum absolute atomic E-state index is 0. The Bertz CT molecular complexity index is 2080. The van der Waals surface area contributed by atoms with Gasteiger partial charge in [-0.1, -0.05) is 124 Å². The van der Waals surface area contributed by atoms with Crippen molar-refractivity contribution in [3.63, 3.8) is 0 Å². The zero-order chi connectivity index (χ0) is 32.3. The molecule has 3 heterocycles. The van der Waals surface area contributed by atoms with Gasteiger partial charge in [-0.3, -0.25) is 0 Å². The molecule has 3 aromatic heterocycles. The molecule has 0 N–H and O–H groups in total. The third-order valence-electron chi connectivity index (χ3n) is 8.59. The van der Waals surface area contributed by atoms with E-state index in [0.717, 1.165) is 44.5 Å². The van der Waals surface area contributed by atoms with Crippen LogP contribution in [0.2, 0.25) is 19.6 Å². The second-order valence-electron chi connectivity index (χ2n) is 13.1. The Kier molecular flexibility index (Phi) is 10.7. The van der Waals surface area contributed by atoms with Crippen molar-refractivity contribution in [3.8, 4) is 22.5 Å². The maximum Gasteiger partial charge on any atom is 0.120 e. The Balaban J connectivity index is 0.000000181. The topological polar surface area (TPSA) is 38.9 Å². The molecule has 0 saturated heterocycles. The summed E-state index contributed by atoms with van der Waals surface area (Å²) < 4.78 is 6.07. The zero-order valence-corrected chi connectivity index (χ0v) is 31.2. The van der Waals surface area contributed by atoms with Gasteiger partial charge in [0.25, 0.3) is 0 Å². The van der Waals surface area contributed by atoms with E-state index < -0.39 is 8.07 Å². The molecule has 1 radical (unpaired) electrons. The van der Waals surface area contributed by atoms with E-state index in [1.165, 1.54) is 21.9 Å². The van der Waals surface area contributed by atoms with Crippen LogP contribution < -0.4 is 5.19 Å². The van der Waals surface area contributed by atoms with Gasteiger partial charge in [0, 0.05) is 37.9 Å². The standard InChI is InChI=1S/C22H24NSi.C20H16NO.Ir/c1-17(18-10-6-5-7-11-18)20-12-8-9-13-21(20)22-15-14-19(16-23-22)24(2,3)4;1-13(2)14-10-11-21-18(12-14)17-8-5-7-16-15-6-3-4-9-19(15)22-20(16)17;/h5-12,14-17H,1-4H3;3-7,9-13H,1-2H3;/q2*-1;. The fourth-order valence-electron chi connectivity index (χ4n) is 5.76. The Hall–Kier alpha value is -4.15. The summed E-state index contributed by atoms with van der Waals surface area (Å²) >= 11 is 0. The molecule has 0 aliphatic heterocycles. The van der Waals surface area contributed by atoms with E-state index in [0.29, 0.717) is 11.8 Å². The second kappa shape index (κ2) is 14.7. The fourth-order valence-corrected chi connectivity index (χ4v) is 6.80. The molecule has 4 aromatic carbocycles. The van der Waals surface area contributed by atoms with Crippen molar-refractivity contribution < 1.29 is 24.5 Å². The number of hydrogen-bond acceptors (Lipinski definition) is 3. The zero-order valence-electron chi connectivity index (χ0n) is 27.8. The number of rotatable bonds is 6. The first kappa shape index (κ1) is 34.2. The van der Waals surface area contributed by atoms with Gasteiger partial charge in [0.1, 0.15) is 5.58 Å². The van der Waals surface area contributed by atoms with Crippen molar-refractivity contribution in [3.05, 3.63) is 150 Å². The van der Waals surface area contributed by atoms with Crippen LogP contribution in [-0.4, -0.2) is 18.0 Å². The van der Waals surface area contributed by atoms with E-state index in [2.05, 4.69) is 143 Å². The molecule has 1 unspecified atom stereocenters. The summed E-state index contributed by atoms with van der Waals surface area (Å²) in [6.07, 6.45) is 3.92. The van der Waals surface area contributed by atoms with Crippen molar-refractivity contribution in [1.29, 1.82) is 0 Å². The van der Waals surface area contributed by atoms with Gasteiger partial charge < -0.3 is 14.4 Å². The number of nitrogens with zero attached hydrogens (tertiary/aromatic N) is 2. The number of furan rings is 1. The Labute approximate surface area is 293 Å². The smallest absolute Gasteiger partial charge is 0.120 e. The van der Waals surface area contributed by atoms with Gasteiger partial charge in [-0.15, -0.1) is 53.6 Å². The molecule has 0 aliphatic carbocycles. The summed E-state index contributed by atoms with van der Waals surface area (Å²) in [4.78, 5) is 9.28. The number of pyridine rings is 2. The van der Waals surface area contributed by atoms with E-state index >= 15 is 0 Å². The van der Waals surface area contributed by atoms with Crippen LogP contribution in [0.4, 0.5) is 0 Å². The molecule has 239 valence electrons. The summed E-state index contributed by atoms with van der Waals surface area (Å²) in [5.74, 6) is 0.786. The van der Waals surface area contributed by atoms with E-state index in [9.17, 15) is 0 Å². The Morgan fingerprint density at radius 2 is 1.40 bits per heavy atom. The van der Waals surface area contributed by atoms with E-state index in [-0.39, 0.29) is 20.1 Å². The van der Waals surface area contributed by atoms with Gasteiger partial charge >= 0.3 is 0 Å². The van der Waals surface area contributed by atoms with E-state index in [1.807, 2.05) is 36.5 Å². The first-order chi connectivity index (χ1) is 22.2. The summed E-state index contributed by atoms with van der Waals surface area (Å²) in [5.41, 5.74) is 9.58. The van der Waals surface area contributed by atoms with Gasteiger partial charge in [0.15, 0.2) is 0 Å². The fraction of sp³-hybridized carbons (Fsp3) is 0.190. The maximum atomic E-state index is 6.07. The molecule has 0 fully saturated rings. The van der Waals surface area contributed by atoms with Crippen LogP contribution in [0, 0.1) is 12.1 Å². The summed E-state index contributed by atoms with van der Waals surface area (Å²) in [7, 11) is -1.32. The van der Waals surface area contributed by atoms with Crippen LogP contribution in [0.15, 0.2) is 126 Å². The van der Waals surface area contributed by atoms with Crippen LogP contribution >= 0.6 is 0 Å². The van der Waals surface area contributed by atoms with Crippen LogP contribution in [0.25, 0.3) is 44.5 Å². The largest absolute Gasteiger partial charge is 0.501 e. The summed E-state index contributed by atoms with van der Waals surface area (Å²) in [5, 5.41) is 3.63. The molecule has 0 aliphatic rings. The quantitative estimate of drug-likeness (QED) is 0.124. The third kappa shape index (κ3) is 7.54. The van der Waals surface area contributed by atoms with Gasteiger partial charge in [-0.25, -0.2) is 0 Å². The predicted molar refractivity (Wildman–Crippen MR) is 195 cm³/mol. The monoisotopic (exact) mass is 809 g/mol. The third-order valence-corrected chi connectivity index (χ3v) is 10.6. The molecule has 3 nitrogen and oxygen atoms in total. The molecule has 0 saturated carbocycles. The van der Waals surface area contributed by atoms with Crippen LogP contribution in [0.3, 0.4) is 0 Å². The average molecular weight is 809 g/mol. The van der Waals surface area contributed by atoms with Gasteiger partial charge in [-0.2, -0.15) is 0 Å². The first-order valence-corrected chi connectivity index (χ1v) is 19.5. The van der Waals surface area contributed by atoms with Crippen molar-refractivity contribution in [2.45, 2.75) is 52.2 Å². The molecule has 0 bridgehead atoms. The second-order valence-corrected chi connectivity index (χ2v) is 18.2. The molecule has 0 spiro atoms. The molecule has 1 atom stereocenters. The van der Waals surface area contributed by atoms with Crippen molar-refractivity contribution in [2.24, 2.45) is 0 Å². The minimum atomic E-state index is -1.32. The molecule has 47 heavy (non-hydrogen) atoms. The van der Waals surface area contributed by atoms with Crippen molar-refractivity contribution in [1.82, 2.24) is 9.97 Å². The predicted octanol–water partition coefficient (Wildman–Crippen LogP) is 10.8. The average Bonchev–Trinajstić information content (AvgIpc) is 3.47. The van der Waals surface area contributed by atoms with Crippen LogP contribution in [0.5, 0.6) is 0 Å². The normalized spacial score (nSPS) is 12.0. The number of benzene rings is 4. The molecule has 7 aromatic rings. The van der Waals surface area contributed by atoms with Crippen LogP contribution in [-0.2, 0) is 20.1 Å². The van der Waals surface area contributed by atoms with Gasteiger partial charge in [0.05, 0.1) is 13.7 Å². The molecule has 5 heteroatoms. The van der Waals surface area contributed by atoms with E-state index in [4.69, 9.17) is 9.40 Å². The molecule has 0 amide bonds. The Morgan fingerprint density at radius 3 is 2.13 bits per heavy atom. The summed E-state index contributed by atoms with van der Waals surface area (Å²) in [6, 6.07) is 44.3. The van der Waals surface area contributed by atoms with Crippen molar-refractivity contribution in [2.75, 3.05) is 0 Å². The summed E-state index contributed by atoms with van der Waals surface area (Å²) in [6.45, 7) is 13.7. The Morgan fingerprint density at radius 1 is 0.660 bits per heavy atom. The molecular weight excluding hydrogens is 769 g/mol. The molecular formula is C42H40IrN2OSi-2. The van der Waals surface area contributed by atoms with E-state index in [1.54, 1.807) is 0 Å². The maximum absolute atomic E-state index is 6.07. The first-order valence-electron chi connectivity index (χ1n) is 16.0. The van der Waals surface area contributed by atoms with Crippen molar-refractivity contribution >= 4 is 35.2 Å². The number of fused-ring (bicyclic) bond motifs is 3. The molecule has 7 rings (SSSR count). The number of aromatic nitrogens is 2. The SMILES string of the molecule is CC(C)c1ccnc(-c2[c-]ccc3c2oc2ccccc23)c1.CC(c1ccccc1)c1ccc[c-]c1-c1ccc([Si](C)(C)C)cn1.[Ir]. The number of hydrogen-bond donors (Lipinski definition) is 0. The number of para-hydroxylation sites is 1. The van der Waals surface area contributed by atoms with Gasteiger partial charge in [-0.05, 0) is 46.1 Å². The minimum Gasteiger partial charge on any atom is -0.501 e. The van der Waals surface area contributed by atoms with Crippen LogP contribution in [0.1, 0.15) is 49.3 Å². The van der Waals surface area contributed by atoms with Gasteiger partial charge in [0.2, 0.25) is 0 Å².